The van der Waals surface area contributed by atoms with Crippen LogP contribution in [0.15, 0.2) is 5.10 Å². The van der Waals surface area contributed by atoms with Gasteiger partial charge in [0.05, 0.1) is 18.3 Å². The average molecular weight is 210 g/mol. The predicted octanol–water partition coefficient (Wildman–Crippen LogP) is -0.00420. The van der Waals surface area contributed by atoms with E-state index in [4.69, 9.17) is 18.0 Å². The zero-order valence-corrected chi connectivity index (χ0v) is 8.83. The van der Waals surface area contributed by atoms with Crippen LogP contribution in [-0.4, -0.2) is 46.4 Å². The van der Waals surface area contributed by atoms with Gasteiger partial charge in [-0.3, -0.25) is 4.90 Å². The summed E-state index contributed by atoms with van der Waals surface area (Å²) in [6.07, 6.45) is 2.53. The van der Waals surface area contributed by atoms with Crippen LogP contribution in [0, 0.1) is 5.92 Å². The Bertz CT molecular complexity index is 306. The van der Waals surface area contributed by atoms with Crippen molar-refractivity contribution in [3.05, 3.63) is 0 Å². The van der Waals surface area contributed by atoms with Crippen molar-refractivity contribution in [3.63, 3.8) is 0 Å². The molecule has 76 valence electrons. The van der Waals surface area contributed by atoms with Gasteiger partial charge in [0.1, 0.15) is 0 Å². The van der Waals surface area contributed by atoms with Crippen LogP contribution in [-0.2, 0) is 0 Å². The number of hydrogen-bond acceptors (Lipinski definition) is 3. The molecule has 1 atom stereocenters. The maximum absolute atomic E-state index is 5.60. The van der Waals surface area contributed by atoms with Crippen LogP contribution in [0.3, 0.4) is 0 Å². The highest BCUT2D eigenvalue weighted by Gasteiger charge is 2.43. The van der Waals surface area contributed by atoms with E-state index in [1.54, 1.807) is 5.01 Å². The second-order valence-electron chi connectivity index (χ2n) is 4.27. The van der Waals surface area contributed by atoms with E-state index >= 15 is 0 Å². The SMILES string of the molecule is NC(=S)N1CC2C(=N1)C1CCN2CC1. The second-order valence-corrected chi connectivity index (χ2v) is 4.69. The second kappa shape index (κ2) is 2.90. The molecule has 3 saturated heterocycles. The Labute approximate surface area is 88.7 Å². The van der Waals surface area contributed by atoms with E-state index in [0.717, 1.165) is 6.54 Å². The summed E-state index contributed by atoms with van der Waals surface area (Å²) in [6.45, 7) is 3.32. The molecule has 4 aliphatic heterocycles. The lowest BCUT2D eigenvalue weighted by Crippen LogP contribution is -2.55. The summed E-state index contributed by atoms with van der Waals surface area (Å²) in [7, 11) is 0. The largest absolute Gasteiger partial charge is 0.375 e. The molecule has 1 unspecified atom stereocenters. The Morgan fingerprint density at radius 1 is 1.43 bits per heavy atom. The van der Waals surface area contributed by atoms with Gasteiger partial charge in [-0.15, -0.1) is 0 Å². The standard InChI is InChI=1S/C9H14N4S/c10-9(14)13-5-7-8(11-13)6-1-3-12(7)4-2-6/h6-7H,1-5H2,(H2,10,14). The van der Waals surface area contributed by atoms with Crippen LogP contribution in [0.2, 0.25) is 0 Å². The number of rotatable bonds is 0. The van der Waals surface area contributed by atoms with Crippen molar-refractivity contribution in [3.8, 4) is 0 Å². The van der Waals surface area contributed by atoms with Gasteiger partial charge in [-0.1, -0.05) is 0 Å². The fourth-order valence-corrected chi connectivity index (χ4v) is 2.92. The molecule has 0 spiro atoms. The van der Waals surface area contributed by atoms with Crippen LogP contribution < -0.4 is 5.73 Å². The molecule has 0 aliphatic carbocycles. The average Bonchev–Trinajstić information content (AvgIpc) is 2.65. The molecule has 0 aromatic carbocycles. The van der Waals surface area contributed by atoms with Crippen LogP contribution in [0.4, 0.5) is 0 Å². The Morgan fingerprint density at radius 3 is 2.71 bits per heavy atom. The van der Waals surface area contributed by atoms with Crippen LogP contribution in [0.5, 0.6) is 0 Å². The lowest BCUT2D eigenvalue weighted by atomic mass is 9.82. The van der Waals surface area contributed by atoms with Gasteiger partial charge in [-0.25, -0.2) is 5.01 Å². The minimum atomic E-state index is 0.410. The van der Waals surface area contributed by atoms with Gasteiger partial charge in [-0.05, 0) is 38.1 Å². The van der Waals surface area contributed by atoms with Crippen LogP contribution in [0.25, 0.3) is 0 Å². The van der Waals surface area contributed by atoms with Crippen LogP contribution >= 0.6 is 12.2 Å². The molecule has 4 aliphatic rings. The summed E-state index contributed by atoms with van der Waals surface area (Å²) >= 11 is 4.95. The number of nitrogens with two attached hydrogens (primary N) is 1. The normalized spacial score (nSPS) is 39.6. The molecular formula is C9H14N4S. The predicted molar refractivity (Wildman–Crippen MR) is 59.0 cm³/mol. The Morgan fingerprint density at radius 2 is 2.14 bits per heavy atom. The number of thiocarbonyl (C=S) groups is 1. The highest BCUT2D eigenvalue weighted by molar-refractivity contribution is 7.80. The Hall–Kier alpha value is -0.680. The lowest BCUT2D eigenvalue weighted by Gasteiger charge is -2.43. The van der Waals surface area contributed by atoms with E-state index in [2.05, 4.69) is 10.0 Å². The van der Waals surface area contributed by atoms with E-state index < -0.39 is 0 Å². The zero-order valence-electron chi connectivity index (χ0n) is 8.02. The zero-order chi connectivity index (χ0) is 9.71. The summed E-state index contributed by atoms with van der Waals surface area (Å²) in [6, 6.07) is 0.504. The molecule has 2 N–H and O–H groups in total. The third kappa shape index (κ3) is 1.09. The van der Waals surface area contributed by atoms with Crippen molar-refractivity contribution >= 4 is 23.0 Å². The molecule has 4 nitrogen and oxygen atoms in total. The first kappa shape index (κ1) is 8.61. The van der Waals surface area contributed by atoms with Gasteiger partial charge in [0.25, 0.3) is 0 Å². The van der Waals surface area contributed by atoms with Crippen LogP contribution in [0.1, 0.15) is 12.8 Å². The molecule has 3 fully saturated rings. The third-order valence-electron chi connectivity index (χ3n) is 3.57. The summed E-state index contributed by atoms with van der Waals surface area (Å²) < 4.78 is 0. The molecule has 0 saturated carbocycles. The van der Waals surface area contributed by atoms with Gasteiger partial charge in [0, 0.05) is 5.92 Å². The maximum Gasteiger partial charge on any atom is 0.187 e. The highest BCUT2D eigenvalue weighted by Crippen LogP contribution is 2.33. The van der Waals surface area contributed by atoms with Gasteiger partial charge in [0.2, 0.25) is 0 Å². The minimum absolute atomic E-state index is 0.410. The fraction of sp³-hybridized carbons (Fsp3) is 0.778. The number of hydrogen-bond donors (Lipinski definition) is 1. The van der Waals surface area contributed by atoms with Gasteiger partial charge in [0.15, 0.2) is 5.11 Å². The van der Waals surface area contributed by atoms with Crippen molar-refractivity contribution in [1.29, 1.82) is 0 Å². The summed E-state index contributed by atoms with van der Waals surface area (Å²) in [5.74, 6) is 0.698. The van der Waals surface area contributed by atoms with E-state index in [0.29, 0.717) is 17.1 Å². The fourth-order valence-electron chi connectivity index (χ4n) is 2.81. The summed E-state index contributed by atoms with van der Waals surface area (Å²) in [5, 5.41) is 6.73. The summed E-state index contributed by atoms with van der Waals surface area (Å²) in [4.78, 5) is 2.51. The topological polar surface area (TPSA) is 44.9 Å². The maximum atomic E-state index is 5.60. The molecule has 0 aromatic rings. The first-order chi connectivity index (χ1) is 6.75. The molecule has 4 rings (SSSR count). The van der Waals surface area contributed by atoms with E-state index in [-0.39, 0.29) is 0 Å². The molecule has 14 heavy (non-hydrogen) atoms. The van der Waals surface area contributed by atoms with E-state index in [1.165, 1.54) is 31.6 Å². The lowest BCUT2D eigenvalue weighted by molar-refractivity contribution is 0.146. The van der Waals surface area contributed by atoms with Gasteiger partial charge < -0.3 is 5.73 Å². The molecule has 2 bridgehead atoms. The molecule has 4 heterocycles. The van der Waals surface area contributed by atoms with Gasteiger partial charge in [-0.2, -0.15) is 5.10 Å². The molecule has 0 amide bonds. The molecule has 0 radical (unpaired) electrons. The molecule has 0 aromatic heterocycles. The summed E-state index contributed by atoms with van der Waals surface area (Å²) in [5.41, 5.74) is 6.92. The molecular weight excluding hydrogens is 196 g/mol. The first-order valence-electron chi connectivity index (χ1n) is 5.15. The number of fused-ring (bicyclic) bond motifs is 2. The Kier molecular flexibility index (Phi) is 1.79. The third-order valence-corrected chi connectivity index (χ3v) is 3.78. The highest BCUT2D eigenvalue weighted by atomic mass is 32.1. The number of piperidine rings is 3. The van der Waals surface area contributed by atoms with Crippen molar-refractivity contribution < 1.29 is 0 Å². The Balaban J connectivity index is 1.90. The first-order valence-corrected chi connectivity index (χ1v) is 5.56. The minimum Gasteiger partial charge on any atom is -0.375 e. The number of nitrogens with zero attached hydrogens (tertiary/aromatic N) is 3. The van der Waals surface area contributed by atoms with Crippen molar-refractivity contribution in [1.82, 2.24) is 9.91 Å². The van der Waals surface area contributed by atoms with Gasteiger partial charge >= 0.3 is 0 Å². The van der Waals surface area contributed by atoms with E-state index in [9.17, 15) is 0 Å². The van der Waals surface area contributed by atoms with Crippen molar-refractivity contribution in [2.45, 2.75) is 18.9 Å². The van der Waals surface area contributed by atoms with Crippen molar-refractivity contribution in [2.24, 2.45) is 16.8 Å². The van der Waals surface area contributed by atoms with Crippen molar-refractivity contribution in [2.75, 3.05) is 19.6 Å². The quantitative estimate of drug-likeness (QED) is 0.571. The monoisotopic (exact) mass is 210 g/mol. The molecule has 5 heteroatoms. The smallest absolute Gasteiger partial charge is 0.187 e. The number of hydrazone groups is 1. The van der Waals surface area contributed by atoms with E-state index in [1.807, 2.05) is 0 Å².